The SMILES string of the molecule is CC(=O)Oc1ccccc1C(=O)OC1CO[C@H]2[C@@H]1OC[C@H]2OC(=O)c1cccc(C)c1NCO. The smallest absolute Gasteiger partial charge is 0.342 e. The number of carbonyl (C=O) groups is 3. The van der Waals surface area contributed by atoms with Crippen LogP contribution in [0.3, 0.4) is 0 Å². The summed E-state index contributed by atoms with van der Waals surface area (Å²) in [5, 5.41) is 12.0. The molecule has 2 aliphatic heterocycles. The van der Waals surface area contributed by atoms with Crippen LogP contribution < -0.4 is 10.1 Å². The molecule has 0 saturated carbocycles. The van der Waals surface area contributed by atoms with Gasteiger partial charge in [0.05, 0.1) is 24.5 Å². The standard InChI is InChI=1S/C24H25NO9/c1-13-6-5-8-16(20(13)25-12-26)24(29)34-19-11-31-21-18(10-30-22(19)21)33-23(28)15-7-3-4-9-17(15)32-14(2)27/h3-9,18-19,21-22,25-26H,10-12H2,1-2H3/t18?,19-,21-,22-/m1/s1. The maximum absolute atomic E-state index is 12.8. The fraction of sp³-hybridized carbons (Fsp3) is 0.375. The minimum absolute atomic E-state index is 0.0621. The second kappa shape index (κ2) is 10.2. The Bertz CT molecular complexity index is 1090. The topological polar surface area (TPSA) is 130 Å². The van der Waals surface area contributed by atoms with Gasteiger partial charge < -0.3 is 34.1 Å². The van der Waals surface area contributed by atoms with E-state index in [2.05, 4.69) is 5.32 Å². The van der Waals surface area contributed by atoms with Crippen molar-refractivity contribution in [3.05, 3.63) is 59.2 Å². The quantitative estimate of drug-likeness (QED) is 0.350. The molecule has 0 aromatic heterocycles. The highest BCUT2D eigenvalue weighted by molar-refractivity contribution is 5.96. The first kappa shape index (κ1) is 23.7. The number of rotatable bonds is 7. The van der Waals surface area contributed by atoms with Crippen molar-refractivity contribution in [3.63, 3.8) is 0 Å². The first-order chi connectivity index (χ1) is 16.4. The Balaban J connectivity index is 1.41. The predicted octanol–water partition coefficient (Wildman–Crippen LogP) is 1.83. The van der Waals surface area contributed by atoms with E-state index < -0.39 is 42.3 Å². The van der Waals surface area contributed by atoms with Gasteiger partial charge >= 0.3 is 17.9 Å². The average Bonchev–Trinajstić information content (AvgIpc) is 3.38. The van der Waals surface area contributed by atoms with Crippen molar-refractivity contribution in [2.24, 2.45) is 0 Å². The number of hydrogen-bond acceptors (Lipinski definition) is 10. The van der Waals surface area contributed by atoms with Crippen molar-refractivity contribution in [3.8, 4) is 5.75 Å². The summed E-state index contributed by atoms with van der Waals surface area (Å²) < 4.78 is 27.8. The molecule has 34 heavy (non-hydrogen) atoms. The molecule has 180 valence electrons. The van der Waals surface area contributed by atoms with Crippen LogP contribution in [0.25, 0.3) is 0 Å². The molecule has 2 aliphatic rings. The molecular weight excluding hydrogens is 446 g/mol. The Morgan fingerprint density at radius 2 is 1.53 bits per heavy atom. The molecule has 0 amide bonds. The second-order valence-corrected chi connectivity index (χ2v) is 7.91. The zero-order valence-electron chi connectivity index (χ0n) is 18.7. The highest BCUT2D eigenvalue weighted by Crippen LogP contribution is 2.33. The molecule has 0 aliphatic carbocycles. The Labute approximate surface area is 195 Å². The van der Waals surface area contributed by atoms with Crippen molar-refractivity contribution in [1.82, 2.24) is 0 Å². The van der Waals surface area contributed by atoms with Gasteiger partial charge in [0.25, 0.3) is 0 Å². The molecule has 0 bridgehead atoms. The number of anilines is 1. The van der Waals surface area contributed by atoms with Gasteiger partial charge in [-0.2, -0.15) is 0 Å². The number of hydrogen-bond donors (Lipinski definition) is 2. The van der Waals surface area contributed by atoms with E-state index in [-0.39, 0.29) is 36.8 Å². The van der Waals surface area contributed by atoms with Crippen LogP contribution in [0, 0.1) is 6.92 Å². The summed E-state index contributed by atoms with van der Waals surface area (Å²) in [4.78, 5) is 36.9. The van der Waals surface area contributed by atoms with E-state index in [1.807, 2.05) is 13.0 Å². The lowest BCUT2D eigenvalue weighted by atomic mass is 10.1. The van der Waals surface area contributed by atoms with Crippen LogP contribution in [-0.2, 0) is 23.7 Å². The first-order valence-corrected chi connectivity index (χ1v) is 10.8. The molecule has 2 aromatic carbocycles. The van der Waals surface area contributed by atoms with Gasteiger partial charge in [-0.3, -0.25) is 4.79 Å². The normalized spacial score (nSPS) is 23.1. The van der Waals surface area contributed by atoms with E-state index in [4.69, 9.17) is 23.7 Å². The first-order valence-electron chi connectivity index (χ1n) is 10.8. The summed E-state index contributed by atoms with van der Waals surface area (Å²) >= 11 is 0. The number of para-hydroxylation sites is 2. The summed E-state index contributed by atoms with van der Waals surface area (Å²) in [5.41, 5.74) is 1.64. The second-order valence-electron chi connectivity index (χ2n) is 7.91. The van der Waals surface area contributed by atoms with Crippen LogP contribution in [0.1, 0.15) is 33.2 Å². The number of aliphatic hydroxyl groups excluding tert-OH is 1. The van der Waals surface area contributed by atoms with Gasteiger partial charge in [-0.15, -0.1) is 0 Å². The lowest BCUT2D eigenvalue weighted by Crippen LogP contribution is -2.36. The molecule has 2 fully saturated rings. The van der Waals surface area contributed by atoms with E-state index in [0.717, 1.165) is 5.56 Å². The van der Waals surface area contributed by atoms with Gasteiger partial charge in [0.2, 0.25) is 0 Å². The molecule has 10 heteroatoms. The molecule has 0 spiro atoms. The molecule has 4 atom stereocenters. The van der Waals surface area contributed by atoms with Gasteiger partial charge in [-0.05, 0) is 30.7 Å². The predicted molar refractivity (Wildman–Crippen MR) is 118 cm³/mol. The molecular formula is C24H25NO9. The van der Waals surface area contributed by atoms with E-state index in [1.54, 1.807) is 24.3 Å². The molecule has 2 heterocycles. The van der Waals surface area contributed by atoms with Crippen molar-refractivity contribution in [2.45, 2.75) is 38.3 Å². The van der Waals surface area contributed by atoms with Gasteiger partial charge in [0.15, 0.2) is 12.2 Å². The molecule has 4 rings (SSSR count). The highest BCUT2D eigenvalue weighted by atomic mass is 16.7. The minimum Gasteiger partial charge on any atom is -0.453 e. The summed E-state index contributed by atoms with van der Waals surface area (Å²) in [7, 11) is 0. The fourth-order valence-corrected chi connectivity index (χ4v) is 4.06. The molecule has 2 saturated heterocycles. The molecule has 2 N–H and O–H groups in total. The maximum atomic E-state index is 12.8. The fourth-order valence-electron chi connectivity index (χ4n) is 4.06. The van der Waals surface area contributed by atoms with Crippen LogP contribution in [0.15, 0.2) is 42.5 Å². The lowest BCUT2D eigenvalue weighted by Gasteiger charge is -2.19. The Hall–Kier alpha value is -3.47. The van der Waals surface area contributed by atoms with Crippen molar-refractivity contribution >= 4 is 23.6 Å². The van der Waals surface area contributed by atoms with Crippen LogP contribution in [0.4, 0.5) is 5.69 Å². The Morgan fingerprint density at radius 3 is 2.15 bits per heavy atom. The van der Waals surface area contributed by atoms with Crippen LogP contribution >= 0.6 is 0 Å². The number of fused-ring (bicyclic) bond motifs is 1. The number of nitrogens with one attached hydrogen (secondary N) is 1. The summed E-state index contributed by atoms with van der Waals surface area (Å²) in [6.07, 6.45) is -2.64. The number of aryl methyl sites for hydroxylation is 1. The van der Waals surface area contributed by atoms with Crippen LogP contribution in [0.2, 0.25) is 0 Å². The van der Waals surface area contributed by atoms with Crippen LogP contribution in [-0.4, -0.2) is 67.4 Å². The third kappa shape index (κ3) is 4.89. The number of esters is 3. The summed E-state index contributed by atoms with van der Waals surface area (Å²) in [6.45, 7) is 2.85. The highest BCUT2D eigenvalue weighted by Gasteiger charge is 2.51. The molecule has 0 radical (unpaired) electrons. The van der Waals surface area contributed by atoms with Gasteiger partial charge in [0, 0.05) is 6.92 Å². The minimum atomic E-state index is -0.725. The van der Waals surface area contributed by atoms with E-state index in [9.17, 15) is 19.5 Å². The molecule has 2 aromatic rings. The molecule has 10 nitrogen and oxygen atoms in total. The van der Waals surface area contributed by atoms with E-state index in [1.165, 1.54) is 19.1 Å². The van der Waals surface area contributed by atoms with Gasteiger partial charge in [-0.25, -0.2) is 9.59 Å². The zero-order chi connectivity index (χ0) is 24.2. The Morgan fingerprint density at radius 1 is 0.941 bits per heavy atom. The van der Waals surface area contributed by atoms with Crippen molar-refractivity contribution < 1.29 is 43.2 Å². The Kier molecular flexibility index (Phi) is 7.11. The number of carbonyl (C=O) groups excluding carboxylic acids is 3. The summed E-state index contributed by atoms with van der Waals surface area (Å²) in [5.74, 6) is -1.73. The van der Waals surface area contributed by atoms with E-state index >= 15 is 0 Å². The maximum Gasteiger partial charge on any atom is 0.342 e. The average molecular weight is 471 g/mol. The van der Waals surface area contributed by atoms with Crippen molar-refractivity contribution in [2.75, 3.05) is 25.3 Å². The van der Waals surface area contributed by atoms with Gasteiger partial charge in [0.1, 0.15) is 30.3 Å². The lowest BCUT2D eigenvalue weighted by molar-refractivity contribution is -0.131. The zero-order valence-corrected chi connectivity index (χ0v) is 18.7. The van der Waals surface area contributed by atoms with E-state index in [0.29, 0.717) is 5.69 Å². The largest absolute Gasteiger partial charge is 0.453 e. The van der Waals surface area contributed by atoms with Crippen molar-refractivity contribution in [1.29, 1.82) is 0 Å². The monoisotopic (exact) mass is 471 g/mol. The van der Waals surface area contributed by atoms with Gasteiger partial charge in [-0.1, -0.05) is 24.3 Å². The molecule has 1 unspecified atom stereocenters. The summed E-state index contributed by atoms with van der Waals surface area (Å²) in [6, 6.07) is 11.4. The third-order valence-corrected chi connectivity index (χ3v) is 5.59. The number of benzene rings is 2. The third-order valence-electron chi connectivity index (χ3n) is 5.59. The number of aliphatic hydroxyl groups is 1. The van der Waals surface area contributed by atoms with Crippen LogP contribution in [0.5, 0.6) is 5.75 Å². The number of ether oxygens (including phenoxy) is 5.